The van der Waals surface area contributed by atoms with Crippen LogP contribution in [0.15, 0.2) is 28.9 Å². The van der Waals surface area contributed by atoms with Gasteiger partial charge < -0.3 is 9.73 Å². The zero-order valence-electron chi connectivity index (χ0n) is 10.9. The molecule has 0 spiro atoms. The Morgan fingerprint density at radius 1 is 1.33 bits per heavy atom. The fraction of sp³-hybridized carbons (Fsp3) is 0.500. The van der Waals surface area contributed by atoms with Crippen molar-refractivity contribution in [3.05, 3.63) is 30.3 Å². The molecule has 3 rings (SSSR count). The van der Waals surface area contributed by atoms with Crippen LogP contribution in [0.25, 0.3) is 11.0 Å². The molecule has 0 radical (unpaired) electrons. The summed E-state index contributed by atoms with van der Waals surface area (Å²) in [6, 6.07) is 4.04. The number of fused-ring (bicyclic) bond motifs is 1. The molecule has 1 aliphatic rings. The second kappa shape index (κ2) is 4.37. The van der Waals surface area contributed by atoms with E-state index in [0.29, 0.717) is 0 Å². The molecule has 3 heterocycles. The fourth-order valence-corrected chi connectivity index (χ4v) is 2.57. The highest BCUT2D eigenvalue weighted by atomic mass is 16.3. The average Bonchev–Trinajstić information content (AvgIpc) is 2.84. The van der Waals surface area contributed by atoms with Gasteiger partial charge in [-0.3, -0.25) is 9.88 Å². The molecule has 4 nitrogen and oxygen atoms in total. The van der Waals surface area contributed by atoms with Gasteiger partial charge in [0.1, 0.15) is 11.3 Å². The van der Waals surface area contributed by atoms with E-state index in [4.69, 9.17) is 4.42 Å². The molecule has 0 saturated carbocycles. The van der Waals surface area contributed by atoms with Crippen LogP contribution in [0.5, 0.6) is 0 Å². The third-order valence-electron chi connectivity index (χ3n) is 3.83. The Morgan fingerprint density at radius 2 is 2.11 bits per heavy atom. The van der Waals surface area contributed by atoms with Gasteiger partial charge in [0.25, 0.3) is 0 Å². The largest absolute Gasteiger partial charge is 0.459 e. The maximum atomic E-state index is 5.98. The van der Waals surface area contributed by atoms with Crippen LogP contribution in [-0.2, 0) is 5.54 Å². The number of aromatic nitrogens is 1. The number of hydrogen-bond donors (Lipinski definition) is 1. The quantitative estimate of drug-likeness (QED) is 0.878. The van der Waals surface area contributed by atoms with Crippen LogP contribution < -0.4 is 5.32 Å². The number of hydrogen-bond acceptors (Lipinski definition) is 4. The standard InChI is InChI=1S/C14H19N3O/c1-14(2,17-7-5-15-6-8-17)13-9-11-10-16-4-3-12(11)18-13/h3-4,9-10,15H,5-8H2,1-2H3. The molecule has 0 amide bonds. The Bertz CT molecular complexity index is 508. The monoisotopic (exact) mass is 245 g/mol. The lowest BCUT2D eigenvalue weighted by molar-refractivity contribution is 0.0841. The molecule has 0 aromatic carbocycles. The highest BCUT2D eigenvalue weighted by molar-refractivity contribution is 5.76. The zero-order chi connectivity index (χ0) is 12.6. The lowest BCUT2D eigenvalue weighted by Gasteiger charge is -2.39. The molecule has 1 N–H and O–H groups in total. The predicted octanol–water partition coefficient (Wildman–Crippen LogP) is 1.97. The molecule has 96 valence electrons. The van der Waals surface area contributed by atoms with Gasteiger partial charge in [-0.1, -0.05) is 0 Å². The number of pyridine rings is 1. The summed E-state index contributed by atoms with van der Waals surface area (Å²) < 4.78 is 5.98. The van der Waals surface area contributed by atoms with Crippen molar-refractivity contribution in [3.63, 3.8) is 0 Å². The minimum Gasteiger partial charge on any atom is -0.459 e. The topological polar surface area (TPSA) is 41.3 Å². The van der Waals surface area contributed by atoms with Crippen molar-refractivity contribution in [2.45, 2.75) is 19.4 Å². The van der Waals surface area contributed by atoms with Gasteiger partial charge in [-0.05, 0) is 26.0 Å². The third kappa shape index (κ3) is 1.91. The van der Waals surface area contributed by atoms with Crippen LogP contribution in [0, 0.1) is 0 Å². The Labute approximate surface area is 107 Å². The van der Waals surface area contributed by atoms with E-state index in [9.17, 15) is 0 Å². The Kier molecular flexibility index (Phi) is 2.84. The summed E-state index contributed by atoms with van der Waals surface area (Å²) in [7, 11) is 0. The summed E-state index contributed by atoms with van der Waals surface area (Å²) in [6.07, 6.45) is 3.63. The summed E-state index contributed by atoms with van der Waals surface area (Å²) in [5.41, 5.74) is 0.851. The molecule has 0 unspecified atom stereocenters. The molecule has 4 heteroatoms. The van der Waals surface area contributed by atoms with E-state index in [1.807, 2.05) is 12.3 Å². The van der Waals surface area contributed by atoms with Gasteiger partial charge in [0.05, 0.1) is 5.54 Å². The molecule has 1 saturated heterocycles. The lowest BCUT2D eigenvalue weighted by Crippen LogP contribution is -2.51. The molecule has 0 bridgehead atoms. The molecule has 0 aliphatic carbocycles. The number of nitrogens with zero attached hydrogens (tertiary/aromatic N) is 2. The first kappa shape index (κ1) is 11.7. The summed E-state index contributed by atoms with van der Waals surface area (Å²) in [5.74, 6) is 1.02. The van der Waals surface area contributed by atoms with Crippen molar-refractivity contribution >= 4 is 11.0 Å². The molecule has 2 aromatic heterocycles. The smallest absolute Gasteiger partial charge is 0.137 e. The molecule has 18 heavy (non-hydrogen) atoms. The lowest BCUT2D eigenvalue weighted by atomic mass is 9.98. The second-order valence-corrected chi connectivity index (χ2v) is 5.32. The predicted molar refractivity (Wildman–Crippen MR) is 71.5 cm³/mol. The van der Waals surface area contributed by atoms with Crippen LogP contribution in [0.2, 0.25) is 0 Å². The molecule has 0 atom stereocenters. The molecule has 2 aromatic rings. The summed E-state index contributed by atoms with van der Waals surface area (Å²) in [4.78, 5) is 6.60. The number of nitrogens with one attached hydrogen (secondary N) is 1. The molecule has 1 fully saturated rings. The number of piperazine rings is 1. The number of furan rings is 1. The van der Waals surface area contributed by atoms with Gasteiger partial charge in [-0.15, -0.1) is 0 Å². The van der Waals surface area contributed by atoms with E-state index in [-0.39, 0.29) is 5.54 Å². The van der Waals surface area contributed by atoms with Crippen molar-refractivity contribution in [2.75, 3.05) is 26.2 Å². The van der Waals surface area contributed by atoms with Crippen molar-refractivity contribution in [3.8, 4) is 0 Å². The van der Waals surface area contributed by atoms with Gasteiger partial charge >= 0.3 is 0 Å². The first-order valence-electron chi connectivity index (χ1n) is 6.48. The van der Waals surface area contributed by atoms with Crippen LogP contribution in [0.3, 0.4) is 0 Å². The Morgan fingerprint density at radius 3 is 2.83 bits per heavy atom. The maximum Gasteiger partial charge on any atom is 0.137 e. The van der Waals surface area contributed by atoms with E-state index in [2.05, 4.69) is 35.1 Å². The SMILES string of the molecule is CC(C)(c1cc2cnccc2o1)N1CCNCC1. The summed E-state index contributed by atoms with van der Waals surface area (Å²) in [5, 5.41) is 4.46. The van der Waals surface area contributed by atoms with E-state index < -0.39 is 0 Å². The summed E-state index contributed by atoms with van der Waals surface area (Å²) in [6.45, 7) is 8.66. The van der Waals surface area contributed by atoms with Crippen molar-refractivity contribution in [1.82, 2.24) is 15.2 Å². The molecular weight excluding hydrogens is 226 g/mol. The van der Waals surface area contributed by atoms with E-state index in [1.54, 1.807) is 6.20 Å². The van der Waals surface area contributed by atoms with E-state index in [0.717, 1.165) is 42.9 Å². The highest BCUT2D eigenvalue weighted by Crippen LogP contribution is 2.32. The van der Waals surface area contributed by atoms with Gasteiger partial charge in [-0.2, -0.15) is 0 Å². The van der Waals surface area contributed by atoms with Crippen molar-refractivity contribution in [1.29, 1.82) is 0 Å². The fourth-order valence-electron chi connectivity index (χ4n) is 2.57. The minimum absolute atomic E-state index is 0.0683. The average molecular weight is 245 g/mol. The molecular formula is C14H19N3O. The number of rotatable bonds is 2. The maximum absolute atomic E-state index is 5.98. The van der Waals surface area contributed by atoms with Crippen LogP contribution in [0.1, 0.15) is 19.6 Å². The van der Waals surface area contributed by atoms with E-state index in [1.165, 1.54) is 0 Å². The van der Waals surface area contributed by atoms with Gasteiger partial charge in [0, 0.05) is 44.0 Å². The molecule has 1 aliphatic heterocycles. The van der Waals surface area contributed by atoms with Gasteiger partial charge in [0.2, 0.25) is 0 Å². The van der Waals surface area contributed by atoms with Crippen molar-refractivity contribution in [2.24, 2.45) is 0 Å². The Balaban J connectivity index is 1.96. The highest BCUT2D eigenvalue weighted by Gasteiger charge is 2.32. The normalized spacial score (nSPS) is 18.3. The third-order valence-corrected chi connectivity index (χ3v) is 3.83. The summed E-state index contributed by atoms with van der Waals surface area (Å²) >= 11 is 0. The first-order valence-corrected chi connectivity index (χ1v) is 6.48. The second-order valence-electron chi connectivity index (χ2n) is 5.32. The van der Waals surface area contributed by atoms with E-state index >= 15 is 0 Å². The van der Waals surface area contributed by atoms with Crippen LogP contribution in [0.4, 0.5) is 0 Å². The Hall–Kier alpha value is -1.39. The zero-order valence-corrected chi connectivity index (χ0v) is 10.9. The minimum atomic E-state index is -0.0683. The van der Waals surface area contributed by atoms with Crippen molar-refractivity contribution < 1.29 is 4.42 Å². The van der Waals surface area contributed by atoms with Crippen LogP contribution in [-0.4, -0.2) is 36.1 Å². The van der Waals surface area contributed by atoms with Crippen LogP contribution >= 0.6 is 0 Å². The van der Waals surface area contributed by atoms with Gasteiger partial charge in [0.15, 0.2) is 0 Å². The first-order chi connectivity index (χ1) is 8.68. The van der Waals surface area contributed by atoms with Gasteiger partial charge in [-0.25, -0.2) is 0 Å².